The Bertz CT molecular complexity index is 269. The van der Waals surface area contributed by atoms with E-state index in [0.717, 1.165) is 19.3 Å². The van der Waals surface area contributed by atoms with Gasteiger partial charge in [0.05, 0.1) is 6.61 Å². The summed E-state index contributed by atoms with van der Waals surface area (Å²) < 4.78 is 4.92. The van der Waals surface area contributed by atoms with Crippen molar-refractivity contribution in [1.82, 2.24) is 0 Å². The standard InChI is InChI=1S/C19H34O2/c1-3-5-6-7-8-9-10-11-12-13-14-15-16-17-18-21-19(20)4-2/h4,13-14H,2-3,5-12,15-18H2,1H3/b14-13+. The molecule has 21 heavy (non-hydrogen) atoms. The fraction of sp³-hybridized carbons (Fsp3) is 0.737. The van der Waals surface area contributed by atoms with Crippen LogP contribution < -0.4 is 0 Å². The Kier molecular flexibility index (Phi) is 16.2. The van der Waals surface area contributed by atoms with Crippen molar-refractivity contribution in [2.75, 3.05) is 6.61 Å². The van der Waals surface area contributed by atoms with Crippen LogP contribution in [0.15, 0.2) is 24.8 Å². The number of ether oxygens (including phenoxy) is 1. The Morgan fingerprint density at radius 3 is 1.95 bits per heavy atom. The smallest absolute Gasteiger partial charge is 0.330 e. The third-order valence-corrected chi connectivity index (χ3v) is 3.57. The summed E-state index contributed by atoms with van der Waals surface area (Å²) in [5.74, 6) is -0.319. The summed E-state index contributed by atoms with van der Waals surface area (Å²) in [5, 5.41) is 0. The predicted octanol–water partition coefficient (Wildman–Crippen LogP) is 5.97. The van der Waals surface area contributed by atoms with Gasteiger partial charge in [0.1, 0.15) is 0 Å². The van der Waals surface area contributed by atoms with Crippen LogP contribution in [0.4, 0.5) is 0 Å². The first-order valence-electron chi connectivity index (χ1n) is 8.75. The van der Waals surface area contributed by atoms with Gasteiger partial charge in [-0.1, -0.05) is 70.6 Å². The van der Waals surface area contributed by atoms with Crippen molar-refractivity contribution in [2.45, 2.75) is 84.0 Å². The van der Waals surface area contributed by atoms with Gasteiger partial charge in [-0.25, -0.2) is 4.79 Å². The largest absolute Gasteiger partial charge is 0.463 e. The zero-order valence-corrected chi connectivity index (χ0v) is 13.9. The van der Waals surface area contributed by atoms with Gasteiger partial charge in [-0.3, -0.25) is 0 Å². The molecule has 0 rings (SSSR count). The van der Waals surface area contributed by atoms with Crippen molar-refractivity contribution in [3.63, 3.8) is 0 Å². The molecule has 2 heteroatoms. The van der Waals surface area contributed by atoms with Crippen molar-refractivity contribution in [1.29, 1.82) is 0 Å². The zero-order chi connectivity index (χ0) is 15.6. The van der Waals surface area contributed by atoms with Gasteiger partial charge >= 0.3 is 5.97 Å². The van der Waals surface area contributed by atoms with Crippen LogP contribution in [0.2, 0.25) is 0 Å². The second-order valence-electron chi connectivity index (χ2n) is 5.60. The lowest BCUT2D eigenvalue weighted by atomic mass is 10.1. The van der Waals surface area contributed by atoms with E-state index >= 15 is 0 Å². The molecule has 0 aromatic heterocycles. The maximum Gasteiger partial charge on any atom is 0.330 e. The number of unbranched alkanes of at least 4 members (excludes halogenated alkanes) is 10. The summed E-state index contributed by atoms with van der Waals surface area (Å²) in [6.45, 7) is 6.14. The molecule has 0 N–H and O–H groups in total. The topological polar surface area (TPSA) is 26.3 Å². The molecule has 0 aromatic carbocycles. The van der Waals surface area contributed by atoms with Gasteiger partial charge in [-0.15, -0.1) is 0 Å². The average molecular weight is 294 g/mol. The average Bonchev–Trinajstić information content (AvgIpc) is 2.50. The summed E-state index contributed by atoms with van der Waals surface area (Å²) in [4.78, 5) is 10.8. The zero-order valence-electron chi connectivity index (χ0n) is 13.9. The highest BCUT2D eigenvalue weighted by Gasteiger charge is 1.94. The molecule has 2 nitrogen and oxygen atoms in total. The Morgan fingerprint density at radius 2 is 1.38 bits per heavy atom. The van der Waals surface area contributed by atoms with Crippen molar-refractivity contribution < 1.29 is 9.53 Å². The number of esters is 1. The molecule has 0 bridgehead atoms. The van der Waals surface area contributed by atoms with Gasteiger partial charge in [0, 0.05) is 6.08 Å². The van der Waals surface area contributed by atoms with Gasteiger partial charge in [0.25, 0.3) is 0 Å². The van der Waals surface area contributed by atoms with E-state index in [2.05, 4.69) is 25.7 Å². The minimum Gasteiger partial charge on any atom is -0.463 e. The molecular weight excluding hydrogens is 260 g/mol. The van der Waals surface area contributed by atoms with E-state index in [9.17, 15) is 4.79 Å². The van der Waals surface area contributed by atoms with Gasteiger partial charge in [-0.2, -0.15) is 0 Å². The molecule has 0 radical (unpaired) electrons. The molecule has 0 unspecified atom stereocenters. The second-order valence-corrected chi connectivity index (χ2v) is 5.60. The molecule has 0 aromatic rings. The molecule has 122 valence electrons. The number of rotatable bonds is 15. The van der Waals surface area contributed by atoms with E-state index in [1.165, 1.54) is 63.9 Å². The minimum absolute atomic E-state index is 0.319. The number of carbonyl (C=O) groups is 1. The second kappa shape index (κ2) is 17.0. The first-order valence-corrected chi connectivity index (χ1v) is 8.75. The number of hydrogen-bond acceptors (Lipinski definition) is 2. The summed E-state index contributed by atoms with van der Waals surface area (Å²) in [5.41, 5.74) is 0. The van der Waals surface area contributed by atoms with Crippen LogP contribution in [0.3, 0.4) is 0 Å². The third-order valence-electron chi connectivity index (χ3n) is 3.57. The monoisotopic (exact) mass is 294 g/mol. The van der Waals surface area contributed by atoms with Gasteiger partial charge in [0.15, 0.2) is 0 Å². The molecule has 0 aliphatic rings. The molecule has 0 heterocycles. The van der Waals surface area contributed by atoms with Crippen molar-refractivity contribution in [3.8, 4) is 0 Å². The van der Waals surface area contributed by atoms with E-state index in [0.29, 0.717) is 6.61 Å². The summed E-state index contributed by atoms with van der Waals surface area (Å²) in [6.07, 6.45) is 21.1. The molecular formula is C19H34O2. The Balaban J connectivity index is 3.12. The van der Waals surface area contributed by atoms with Crippen LogP contribution in [0.5, 0.6) is 0 Å². The van der Waals surface area contributed by atoms with Crippen LogP contribution in [-0.4, -0.2) is 12.6 Å². The van der Waals surface area contributed by atoms with E-state index < -0.39 is 0 Å². The van der Waals surface area contributed by atoms with E-state index in [1.807, 2.05) is 0 Å². The van der Waals surface area contributed by atoms with Gasteiger partial charge < -0.3 is 4.74 Å². The van der Waals surface area contributed by atoms with Crippen LogP contribution in [-0.2, 0) is 9.53 Å². The van der Waals surface area contributed by atoms with Crippen LogP contribution in [0.1, 0.15) is 84.0 Å². The van der Waals surface area contributed by atoms with Crippen molar-refractivity contribution >= 4 is 5.97 Å². The molecule has 0 amide bonds. The highest BCUT2D eigenvalue weighted by Crippen LogP contribution is 2.10. The van der Waals surface area contributed by atoms with Gasteiger partial charge in [-0.05, 0) is 32.1 Å². The van der Waals surface area contributed by atoms with E-state index in [4.69, 9.17) is 4.74 Å². The molecule has 0 atom stereocenters. The maximum absolute atomic E-state index is 10.8. The van der Waals surface area contributed by atoms with Crippen molar-refractivity contribution in [2.24, 2.45) is 0 Å². The lowest BCUT2D eigenvalue weighted by Crippen LogP contribution is -2.01. The molecule has 0 fully saturated rings. The molecule has 0 saturated carbocycles. The Labute approximate surface area is 131 Å². The third kappa shape index (κ3) is 16.9. The number of allylic oxidation sites excluding steroid dienone is 2. The van der Waals surface area contributed by atoms with Crippen molar-refractivity contribution in [3.05, 3.63) is 24.8 Å². The number of hydrogen-bond donors (Lipinski definition) is 0. The molecule has 0 aliphatic heterocycles. The lowest BCUT2D eigenvalue weighted by molar-refractivity contribution is -0.137. The highest BCUT2D eigenvalue weighted by atomic mass is 16.5. The maximum atomic E-state index is 10.8. The summed E-state index contributed by atoms with van der Waals surface area (Å²) >= 11 is 0. The molecule has 0 spiro atoms. The minimum atomic E-state index is -0.319. The van der Waals surface area contributed by atoms with Crippen LogP contribution in [0, 0.1) is 0 Å². The Morgan fingerprint density at radius 1 is 0.857 bits per heavy atom. The SMILES string of the molecule is C=CC(=O)OCCCC/C=C/CCCCCCCCCC. The Hall–Kier alpha value is -1.05. The van der Waals surface area contributed by atoms with Crippen LogP contribution >= 0.6 is 0 Å². The first-order chi connectivity index (χ1) is 10.3. The van der Waals surface area contributed by atoms with E-state index in [1.54, 1.807) is 0 Å². The quantitative estimate of drug-likeness (QED) is 0.161. The van der Waals surface area contributed by atoms with Gasteiger partial charge in [0.2, 0.25) is 0 Å². The fourth-order valence-electron chi connectivity index (χ4n) is 2.23. The fourth-order valence-corrected chi connectivity index (χ4v) is 2.23. The highest BCUT2D eigenvalue weighted by molar-refractivity contribution is 5.81. The van der Waals surface area contributed by atoms with E-state index in [-0.39, 0.29) is 5.97 Å². The predicted molar refractivity (Wildman–Crippen MR) is 91.4 cm³/mol. The first kappa shape index (κ1) is 19.9. The summed E-state index contributed by atoms with van der Waals surface area (Å²) in [6, 6.07) is 0. The summed E-state index contributed by atoms with van der Waals surface area (Å²) in [7, 11) is 0. The molecule has 0 aliphatic carbocycles. The normalized spacial score (nSPS) is 10.9. The lowest BCUT2D eigenvalue weighted by Gasteiger charge is -2.00. The number of carbonyl (C=O) groups excluding carboxylic acids is 1. The molecule has 0 saturated heterocycles. The van der Waals surface area contributed by atoms with Crippen LogP contribution in [0.25, 0.3) is 0 Å².